The van der Waals surface area contributed by atoms with Crippen molar-refractivity contribution in [3.63, 3.8) is 0 Å². The van der Waals surface area contributed by atoms with Crippen molar-refractivity contribution in [1.29, 1.82) is 0 Å². The van der Waals surface area contributed by atoms with Crippen LogP contribution in [0.4, 0.5) is 0 Å². The Balaban J connectivity index is 1.48. The van der Waals surface area contributed by atoms with E-state index in [0.717, 1.165) is 0 Å². The fourth-order valence-corrected chi connectivity index (χ4v) is 3.71. The molecule has 112 valence electrons. The standard InChI is InChI=1S/C21H17NO/c1-2-8-15(9-3-1)14-23-22-20-18-12-6-4-10-16(18)17-11-5-7-13-19(17)21(20)22/h1-13,20-21H,14H2. The lowest BCUT2D eigenvalue weighted by Gasteiger charge is -2.16. The van der Waals surface area contributed by atoms with E-state index in [0.29, 0.717) is 18.7 Å². The number of rotatable bonds is 3. The van der Waals surface area contributed by atoms with Gasteiger partial charge in [0.05, 0.1) is 18.7 Å². The first-order valence-electron chi connectivity index (χ1n) is 8.07. The molecule has 0 aromatic heterocycles. The normalized spacial score (nSPS) is 23.6. The summed E-state index contributed by atoms with van der Waals surface area (Å²) in [6, 6.07) is 28.4. The van der Waals surface area contributed by atoms with Crippen LogP contribution in [-0.2, 0) is 11.4 Å². The summed E-state index contributed by atoms with van der Waals surface area (Å²) in [5.41, 5.74) is 6.65. The predicted molar refractivity (Wildman–Crippen MR) is 90.4 cm³/mol. The first-order valence-corrected chi connectivity index (χ1v) is 8.07. The molecule has 23 heavy (non-hydrogen) atoms. The molecule has 0 N–H and O–H groups in total. The second kappa shape index (κ2) is 5.05. The topological polar surface area (TPSA) is 12.2 Å². The van der Waals surface area contributed by atoms with Crippen LogP contribution < -0.4 is 0 Å². The zero-order chi connectivity index (χ0) is 15.2. The van der Waals surface area contributed by atoms with Crippen LogP contribution in [0.3, 0.4) is 0 Å². The van der Waals surface area contributed by atoms with Crippen molar-refractivity contribution in [3.8, 4) is 11.1 Å². The van der Waals surface area contributed by atoms with Gasteiger partial charge in [-0.2, -0.15) is 5.06 Å². The molecular formula is C21H17NO. The molecule has 5 rings (SSSR count). The second-order valence-electron chi connectivity index (χ2n) is 6.18. The molecule has 1 aliphatic carbocycles. The minimum Gasteiger partial charge on any atom is -0.293 e. The van der Waals surface area contributed by atoms with Crippen molar-refractivity contribution in [2.45, 2.75) is 18.7 Å². The van der Waals surface area contributed by atoms with Crippen LogP contribution >= 0.6 is 0 Å². The highest BCUT2D eigenvalue weighted by molar-refractivity contribution is 5.76. The average Bonchev–Trinajstić information content (AvgIpc) is 3.36. The maximum Gasteiger partial charge on any atom is 0.0936 e. The Morgan fingerprint density at radius 1 is 0.652 bits per heavy atom. The smallest absolute Gasteiger partial charge is 0.0936 e. The molecule has 2 nitrogen and oxygen atoms in total. The highest BCUT2D eigenvalue weighted by Gasteiger charge is 2.55. The van der Waals surface area contributed by atoms with Crippen LogP contribution in [0.15, 0.2) is 78.9 Å². The van der Waals surface area contributed by atoms with Crippen molar-refractivity contribution >= 4 is 0 Å². The molecule has 0 amide bonds. The highest BCUT2D eigenvalue weighted by atomic mass is 16.7. The first kappa shape index (κ1) is 13.1. The maximum atomic E-state index is 6.13. The fraction of sp³-hybridized carbons (Fsp3) is 0.143. The lowest BCUT2D eigenvalue weighted by Crippen LogP contribution is -2.01. The Bertz CT molecular complexity index is 807. The Morgan fingerprint density at radius 3 is 1.78 bits per heavy atom. The van der Waals surface area contributed by atoms with Crippen molar-refractivity contribution in [2.75, 3.05) is 0 Å². The van der Waals surface area contributed by atoms with E-state index in [-0.39, 0.29) is 0 Å². The molecule has 0 radical (unpaired) electrons. The van der Waals surface area contributed by atoms with E-state index >= 15 is 0 Å². The van der Waals surface area contributed by atoms with Gasteiger partial charge in [0.2, 0.25) is 0 Å². The molecule has 0 bridgehead atoms. The van der Waals surface area contributed by atoms with E-state index in [9.17, 15) is 0 Å². The van der Waals surface area contributed by atoms with Crippen LogP contribution in [0.25, 0.3) is 11.1 Å². The summed E-state index contributed by atoms with van der Waals surface area (Å²) in [7, 11) is 0. The van der Waals surface area contributed by atoms with Crippen LogP contribution in [-0.4, -0.2) is 5.06 Å². The molecule has 0 spiro atoms. The monoisotopic (exact) mass is 299 g/mol. The molecule has 2 atom stereocenters. The lowest BCUT2D eigenvalue weighted by atomic mass is 9.86. The van der Waals surface area contributed by atoms with Gasteiger partial charge < -0.3 is 0 Å². The molecule has 2 aliphatic rings. The number of nitrogens with zero attached hydrogens (tertiary/aromatic N) is 1. The fourth-order valence-electron chi connectivity index (χ4n) is 3.71. The number of fused-ring (bicyclic) bond motifs is 6. The lowest BCUT2D eigenvalue weighted by molar-refractivity contribution is -0.0978. The molecule has 0 saturated carbocycles. The summed E-state index contributed by atoms with van der Waals surface area (Å²) in [6.45, 7) is 0.623. The van der Waals surface area contributed by atoms with E-state index in [2.05, 4.69) is 77.9 Å². The van der Waals surface area contributed by atoms with Crippen molar-refractivity contribution in [3.05, 3.63) is 95.6 Å². The summed E-state index contributed by atoms with van der Waals surface area (Å²) >= 11 is 0. The van der Waals surface area contributed by atoms with Gasteiger partial charge in [-0.25, -0.2) is 0 Å². The van der Waals surface area contributed by atoms with Gasteiger partial charge in [0.25, 0.3) is 0 Å². The maximum absolute atomic E-state index is 6.13. The summed E-state index contributed by atoms with van der Waals surface area (Å²) in [4.78, 5) is 6.13. The molecule has 1 heterocycles. The number of hydroxylamine groups is 2. The Kier molecular flexibility index (Phi) is 2.87. The first-order chi connectivity index (χ1) is 11.4. The quantitative estimate of drug-likeness (QED) is 0.638. The van der Waals surface area contributed by atoms with Gasteiger partial charge in [-0.3, -0.25) is 4.84 Å². The molecule has 1 aliphatic heterocycles. The molecule has 3 aromatic carbocycles. The summed E-state index contributed by atoms with van der Waals surface area (Å²) < 4.78 is 0. The molecule has 2 heteroatoms. The molecule has 2 unspecified atom stereocenters. The minimum atomic E-state index is 0.352. The molecule has 1 fully saturated rings. The number of hydrogen-bond acceptors (Lipinski definition) is 2. The van der Waals surface area contributed by atoms with E-state index in [1.807, 2.05) is 6.07 Å². The van der Waals surface area contributed by atoms with Crippen molar-refractivity contribution in [2.24, 2.45) is 0 Å². The third kappa shape index (κ3) is 2.03. The van der Waals surface area contributed by atoms with Crippen LogP contribution in [0, 0.1) is 0 Å². The van der Waals surface area contributed by atoms with Gasteiger partial charge in [-0.1, -0.05) is 78.9 Å². The third-order valence-corrected chi connectivity index (χ3v) is 4.83. The summed E-state index contributed by atoms with van der Waals surface area (Å²) in [5, 5.41) is 2.15. The highest BCUT2D eigenvalue weighted by Crippen LogP contribution is 2.61. The van der Waals surface area contributed by atoms with E-state index in [1.54, 1.807) is 0 Å². The SMILES string of the molecule is c1ccc(CON2C3c4ccccc4-c4ccccc4C32)cc1. The van der Waals surface area contributed by atoms with Gasteiger partial charge in [-0.15, -0.1) is 0 Å². The van der Waals surface area contributed by atoms with Crippen LogP contribution in [0.2, 0.25) is 0 Å². The van der Waals surface area contributed by atoms with Gasteiger partial charge in [0.15, 0.2) is 0 Å². The molecule has 1 saturated heterocycles. The number of hydrogen-bond donors (Lipinski definition) is 0. The summed E-state index contributed by atoms with van der Waals surface area (Å²) in [6.07, 6.45) is 0. The van der Waals surface area contributed by atoms with E-state index < -0.39 is 0 Å². The van der Waals surface area contributed by atoms with Crippen molar-refractivity contribution < 1.29 is 4.84 Å². The van der Waals surface area contributed by atoms with Gasteiger partial charge in [0.1, 0.15) is 0 Å². The third-order valence-electron chi connectivity index (χ3n) is 4.83. The molecule has 3 aromatic rings. The van der Waals surface area contributed by atoms with Gasteiger partial charge in [0, 0.05) is 0 Å². The van der Waals surface area contributed by atoms with E-state index in [4.69, 9.17) is 4.84 Å². The van der Waals surface area contributed by atoms with Crippen LogP contribution in [0.1, 0.15) is 28.8 Å². The Labute approximate surface area is 135 Å². The largest absolute Gasteiger partial charge is 0.293 e. The molecular weight excluding hydrogens is 282 g/mol. The minimum absolute atomic E-state index is 0.352. The van der Waals surface area contributed by atoms with Gasteiger partial charge >= 0.3 is 0 Å². The summed E-state index contributed by atoms with van der Waals surface area (Å²) in [5.74, 6) is 0. The number of benzene rings is 3. The van der Waals surface area contributed by atoms with E-state index in [1.165, 1.54) is 27.8 Å². The zero-order valence-electron chi connectivity index (χ0n) is 12.7. The second-order valence-corrected chi connectivity index (χ2v) is 6.18. The Morgan fingerprint density at radius 2 is 1.17 bits per heavy atom. The predicted octanol–water partition coefficient (Wildman–Crippen LogP) is 4.90. The van der Waals surface area contributed by atoms with Crippen molar-refractivity contribution in [1.82, 2.24) is 5.06 Å². The van der Waals surface area contributed by atoms with Crippen LogP contribution in [0.5, 0.6) is 0 Å². The average molecular weight is 299 g/mol. The Hall–Kier alpha value is -2.42. The van der Waals surface area contributed by atoms with Gasteiger partial charge in [-0.05, 0) is 27.8 Å². The zero-order valence-corrected chi connectivity index (χ0v) is 12.7.